The van der Waals surface area contributed by atoms with Gasteiger partial charge in [0.25, 0.3) is 0 Å². The highest BCUT2D eigenvalue weighted by molar-refractivity contribution is 7.99. The van der Waals surface area contributed by atoms with Gasteiger partial charge in [0, 0.05) is 24.4 Å². The molecule has 1 aromatic heterocycles. The summed E-state index contributed by atoms with van der Waals surface area (Å²) in [5, 5.41) is 7.53. The summed E-state index contributed by atoms with van der Waals surface area (Å²) in [7, 11) is 1.89. The molecular formula is C15H25N3O2S. The van der Waals surface area contributed by atoms with Gasteiger partial charge in [-0.1, -0.05) is 19.0 Å². The summed E-state index contributed by atoms with van der Waals surface area (Å²) in [6, 6.07) is 2.22. The first-order chi connectivity index (χ1) is 10.1. The molecule has 0 bridgehead atoms. The van der Waals surface area contributed by atoms with Crippen LogP contribution in [-0.4, -0.2) is 40.2 Å². The second kappa shape index (κ2) is 7.73. The van der Waals surface area contributed by atoms with E-state index < -0.39 is 0 Å². The second-order valence-electron chi connectivity index (χ2n) is 5.45. The number of thioether (sulfide) groups is 1. The zero-order valence-corrected chi connectivity index (χ0v) is 13.9. The van der Waals surface area contributed by atoms with Gasteiger partial charge in [0.05, 0.1) is 12.2 Å². The van der Waals surface area contributed by atoms with Crippen molar-refractivity contribution in [2.45, 2.75) is 57.4 Å². The van der Waals surface area contributed by atoms with E-state index >= 15 is 0 Å². The normalized spacial score (nSPS) is 21.5. The number of aromatic nitrogens is 1. The van der Waals surface area contributed by atoms with Gasteiger partial charge >= 0.3 is 6.03 Å². The molecule has 1 N–H and O–H groups in total. The van der Waals surface area contributed by atoms with Crippen LogP contribution in [0.4, 0.5) is 4.79 Å². The highest BCUT2D eigenvalue weighted by Gasteiger charge is 2.29. The topological polar surface area (TPSA) is 58.4 Å². The van der Waals surface area contributed by atoms with Crippen molar-refractivity contribution in [3.05, 3.63) is 17.5 Å². The van der Waals surface area contributed by atoms with E-state index in [1.54, 1.807) is 0 Å². The molecular weight excluding hydrogens is 286 g/mol. The third-order valence-electron chi connectivity index (χ3n) is 4.01. The molecule has 1 aromatic rings. The standard InChI is InChI=1S/C15H25N3O2S/c1-4-11-8-13(20-17-11)10-16-15(19)18(3)12-6-7-14(9-12)21-5-2/h8,12,14H,4-7,9-10H2,1-3H3,(H,16,19)/t12-,14-/m0/s1. The van der Waals surface area contributed by atoms with Crippen molar-refractivity contribution in [1.82, 2.24) is 15.4 Å². The van der Waals surface area contributed by atoms with Gasteiger partial charge in [0.1, 0.15) is 0 Å². The lowest BCUT2D eigenvalue weighted by Gasteiger charge is -2.24. The third kappa shape index (κ3) is 4.40. The van der Waals surface area contributed by atoms with Gasteiger partial charge in [-0.05, 0) is 31.4 Å². The molecule has 0 aliphatic heterocycles. The second-order valence-corrected chi connectivity index (χ2v) is 7.03. The highest BCUT2D eigenvalue weighted by Crippen LogP contribution is 2.32. The van der Waals surface area contributed by atoms with Gasteiger partial charge in [-0.3, -0.25) is 0 Å². The average Bonchev–Trinajstić information content (AvgIpc) is 3.13. The monoisotopic (exact) mass is 311 g/mol. The van der Waals surface area contributed by atoms with E-state index in [4.69, 9.17) is 4.52 Å². The Hall–Kier alpha value is -1.17. The predicted octanol–water partition coefficient (Wildman–Crippen LogP) is 3.05. The maximum Gasteiger partial charge on any atom is 0.317 e. The van der Waals surface area contributed by atoms with Crippen LogP contribution in [-0.2, 0) is 13.0 Å². The minimum absolute atomic E-state index is 0.0309. The summed E-state index contributed by atoms with van der Waals surface area (Å²) >= 11 is 2.01. The molecule has 6 heteroatoms. The van der Waals surface area contributed by atoms with E-state index in [1.165, 1.54) is 6.42 Å². The molecule has 1 aliphatic carbocycles. The molecule has 1 fully saturated rings. The Balaban J connectivity index is 1.77. The molecule has 2 atom stereocenters. The minimum Gasteiger partial charge on any atom is -0.359 e. The van der Waals surface area contributed by atoms with Crippen molar-refractivity contribution in [3.8, 4) is 0 Å². The zero-order valence-electron chi connectivity index (χ0n) is 13.1. The smallest absolute Gasteiger partial charge is 0.317 e. The van der Waals surface area contributed by atoms with Crippen LogP contribution >= 0.6 is 11.8 Å². The summed E-state index contributed by atoms with van der Waals surface area (Å²) in [5.74, 6) is 1.86. The molecule has 0 aromatic carbocycles. The van der Waals surface area contributed by atoms with E-state index in [0.717, 1.165) is 30.7 Å². The molecule has 1 aliphatic rings. The lowest BCUT2D eigenvalue weighted by Crippen LogP contribution is -2.42. The van der Waals surface area contributed by atoms with Crippen molar-refractivity contribution < 1.29 is 9.32 Å². The van der Waals surface area contributed by atoms with Crippen LogP contribution in [0.3, 0.4) is 0 Å². The number of urea groups is 1. The number of nitrogens with zero attached hydrogens (tertiary/aromatic N) is 2. The Bertz CT molecular complexity index is 464. The van der Waals surface area contributed by atoms with Crippen molar-refractivity contribution in [1.29, 1.82) is 0 Å². The van der Waals surface area contributed by atoms with Gasteiger partial charge in [-0.2, -0.15) is 11.8 Å². The molecule has 0 unspecified atom stereocenters. The summed E-state index contributed by atoms with van der Waals surface area (Å²) in [5.41, 5.74) is 0.919. The minimum atomic E-state index is -0.0309. The van der Waals surface area contributed by atoms with Crippen LogP contribution in [0, 0.1) is 0 Å². The fourth-order valence-electron chi connectivity index (χ4n) is 2.72. The quantitative estimate of drug-likeness (QED) is 0.877. The SMILES string of the molecule is CCS[C@H]1CC[C@H](N(C)C(=O)NCc2cc(CC)no2)C1. The molecule has 1 saturated carbocycles. The maximum atomic E-state index is 12.2. The van der Waals surface area contributed by atoms with E-state index in [2.05, 4.69) is 17.4 Å². The number of hydrogen-bond donors (Lipinski definition) is 1. The zero-order chi connectivity index (χ0) is 15.2. The Morgan fingerprint density at radius 2 is 2.33 bits per heavy atom. The van der Waals surface area contributed by atoms with Crippen LogP contribution in [0.25, 0.3) is 0 Å². The van der Waals surface area contributed by atoms with Gasteiger partial charge in [-0.15, -0.1) is 0 Å². The first kappa shape index (κ1) is 16.2. The number of amides is 2. The fourth-order valence-corrected chi connectivity index (χ4v) is 3.85. The number of nitrogens with one attached hydrogen (secondary N) is 1. The molecule has 0 saturated heterocycles. The van der Waals surface area contributed by atoms with Gasteiger partial charge < -0.3 is 14.7 Å². The molecule has 21 heavy (non-hydrogen) atoms. The summed E-state index contributed by atoms with van der Waals surface area (Å²) in [6.07, 6.45) is 4.26. The van der Waals surface area contributed by atoms with Crippen LogP contribution in [0.5, 0.6) is 0 Å². The first-order valence-corrected chi connectivity index (χ1v) is 8.75. The van der Waals surface area contributed by atoms with Crippen LogP contribution in [0.2, 0.25) is 0 Å². The van der Waals surface area contributed by atoms with Crippen LogP contribution in [0.15, 0.2) is 10.6 Å². The van der Waals surface area contributed by atoms with Crippen molar-refractivity contribution >= 4 is 17.8 Å². The summed E-state index contributed by atoms with van der Waals surface area (Å²) in [4.78, 5) is 14.0. The molecule has 5 nitrogen and oxygen atoms in total. The fraction of sp³-hybridized carbons (Fsp3) is 0.733. The molecule has 118 valence electrons. The average molecular weight is 311 g/mol. The maximum absolute atomic E-state index is 12.2. The number of aryl methyl sites for hydroxylation is 1. The first-order valence-electron chi connectivity index (χ1n) is 7.70. The van der Waals surface area contributed by atoms with E-state index in [9.17, 15) is 4.79 Å². The Labute approximate surface area is 130 Å². The van der Waals surface area contributed by atoms with Crippen molar-refractivity contribution in [3.63, 3.8) is 0 Å². The number of hydrogen-bond acceptors (Lipinski definition) is 4. The molecule has 2 rings (SSSR count). The lowest BCUT2D eigenvalue weighted by molar-refractivity contribution is 0.189. The van der Waals surface area contributed by atoms with Crippen LogP contribution in [0.1, 0.15) is 44.6 Å². The lowest BCUT2D eigenvalue weighted by atomic mass is 10.2. The number of rotatable bonds is 6. The summed E-state index contributed by atoms with van der Waals surface area (Å²) in [6.45, 7) is 4.62. The van der Waals surface area contributed by atoms with Gasteiger partial charge in [-0.25, -0.2) is 4.79 Å². The third-order valence-corrected chi connectivity index (χ3v) is 5.24. The molecule has 0 spiro atoms. The Kier molecular flexibility index (Phi) is 5.96. The molecule has 0 radical (unpaired) electrons. The molecule has 1 heterocycles. The van der Waals surface area contributed by atoms with Crippen LogP contribution < -0.4 is 5.32 Å². The highest BCUT2D eigenvalue weighted by atomic mass is 32.2. The number of carbonyl (C=O) groups excluding carboxylic acids is 1. The number of carbonyl (C=O) groups is 1. The van der Waals surface area contributed by atoms with Gasteiger partial charge in [0.15, 0.2) is 5.76 Å². The largest absolute Gasteiger partial charge is 0.359 e. The van der Waals surface area contributed by atoms with E-state index in [1.807, 2.05) is 36.7 Å². The molecule has 2 amide bonds. The van der Waals surface area contributed by atoms with E-state index in [-0.39, 0.29) is 6.03 Å². The summed E-state index contributed by atoms with van der Waals surface area (Å²) < 4.78 is 5.17. The van der Waals surface area contributed by atoms with Crippen molar-refractivity contribution in [2.75, 3.05) is 12.8 Å². The Morgan fingerprint density at radius 3 is 3.00 bits per heavy atom. The predicted molar refractivity (Wildman–Crippen MR) is 85.4 cm³/mol. The van der Waals surface area contributed by atoms with E-state index in [0.29, 0.717) is 23.6 Å². The van der Waals surface area contributed by atoms with Crippen molar-refractivity contribution in [2.24, 2.45) is 0 Å². The van der Waals surface area contributed by atoms with Gasteiger partial charge in [0.2, 0.25) is 0 Å². The Morgan fingerprint density at radius 1 is 1.52 bits per heavy atom.